The number of nitrogens with zero attached hydrogens (tertiary/aromatic N) is 5. The summed E-state index contributed by atoms with van der Waals surface area (Å²) >= 11 is 0. The van der Waals surface area contributed by atoms with Crippen molar-refractivity contribution in [1.82, 2.24) is 23.5 Å². The third-order valence-corrected chi connectivity index (χ3v) is 5.16. The molecule has 0 atom stereocenters. The molecule has 1 amide bonds. The van der Waals surface area contributed by atoms with Crippen molar-refractivity contribution in [1.29, 1.82) is 0 Å². The molecule has 8 heteroatoms. The Kier molecular flexibility index (Phi) is 3.99. The largest absolute Gasteiger partial charge is 0.328 e. The monoisotopic (exact) mass is 378 g/mol. The van der Waals surface area contributed by atoms with Crippen LogP contribution in [0, 0.1) is 13.8 Å². The number of anilines is 1. The van der Waals surface area contributed by atoms with E-state index in [-0.39, 0.29) is 11.6 Å². The van der Waals surface area contributed by atoms with Crippen molar-refractivity contribution in [3.05, 3.63) is 64.0 Å². The SMILES string of the molecule is Cc1ccc(C)n1-c1c(C(=O)Nc2ccc3c(c2)n(C)c(=O)n3C)cnn1C. The van der Waals surface area contributed by atoms with Crippen LogP contribution in [0.1, 0.15) is 21.7 Å². The highest BCUT2D eigenvalue weighted by molar-refractivity contribution is 6.07. The number of carbonyl (C=O) groups excluding carboxylic acids is 1. The molecule has 0 spiro atoms. The van der Waals surface area contributed by atoms with E-state index < -0.39 is 0 Å². The molecule has 0 unspecified atom stereocenters. The van der Waals surface area contributed by atoms with E-state index >= 15 is 0 Å². The summed E-state index contributed by atoms with van der Waals surface area (Å²) in [5, 5.41) is 7.21. The number of imidazole rings is 1. The topological polar surface area (TPSA) is 78.8 Å². The lowest BCUT2D eigenvalue weighted by Crippen LogP contribution is -2.19. The highest BCUT2D eigenvalue weighted by Gasteiger charge is 2.20. The molecule has 0 saturated carbocycles. The van der Waals surface area contributed by atoms with Crippen LogP contribution in [-0.2, 0) is 21.1 Å². The van der Waals surface area contributed by atoms with Gasteiger partial charge in [0.15, 0.2) is 0 Å². The molecular formula is C20H22N6O2. The molecule has 0 aliphatic rings. The van der Waals surface area contributed by atoms with E-state index in [1.807, 2.05) is 43.7 Å². The van der Waals surface area contributed by atoms with Gasteiger partial charge in [0.1, 0.15) is 11.4 Å². The fourth-order valence-electron chi connectivity index (χ4n) is 3.64. The molecule has 144 valence electrons. The zero-order chi connectivity index (χ0) is 20.2. The normalized spacial score (nSPS) is 11.3. The molecule has 28 heavy (non-hydrogen) atoms. The number of benzene rings is 1. The van der Waals surface area contributed by atoms with Crippen LogP contribution >= 0.6 is 0 Å². The van der Waals surface area contributed by atoms with Crippen LogP contribution in [0.5, 0.6) is 0 Å². The van der Waals surface area contributed by atoms with Crippen LogP contribution in [0.4, 0.5) is 5.69 Å². The first-order valence-electron chi connectivity index (χ1n) is 8.93. The number of aromatic nitrogens is 5. The zero-order valence-electron chi connectivity index (χ0n) is 16.5. The summed E-state index contributed by atoms with van der Waals surface area (Å²) in [6.07, 6.45) is 1.57. The van der Waals surface area contributed by atoms with Gasteiger partial charge in [-0.25, -0.2) is 4.79 Å². The van der Waals surface area contributed by atoms with E-state index in [2.05, 4.69) is 10.4 Å². The molecule has 1 aromatic carbocycles. The van der Waals surface area contributed by atoms with Crippen LogP contribution in [-0.4, -0.2) is 29.4 Å². The van der Waals surface area contributed by atoms with E-state index in [1.54, 1.807) is 46.2 Å². The standard InChI is InChI=1S/C20H22N6O2/c1-12-6-7-13(2)26(12)19-15(11-21-25(19)5)18(27)22-14-8-9-16-17(10-14)24(4)20(28)23(16)3/h6-11H,1-5H3,(H,22,27). The van der Waals surface area contributed by atoms with Crippen molar-refractivity contribution < 1.29 is 4.79 Å². The van der Waals surface area contributed by atoms with Gasteiger partial charge in [-0.15, -0.1) is 0 Å². The maximum Gasteiger partial charge on any atom is 0.328 e. The number of hydrogen-bond donors (Lipinski definition) is 1. The average molecular weight is 378 g/mol. The summed E-state index contributed by atoms with van der Waals surface area (Å²) in [4.78, 5) is 25.1. The Balaban J connectivity index is 1.74. The Morgan fingerprint density at radius 3 is 2.29 bits per heavy atom. The van der Waals surface area contributed by atoms with E-state index in [0.717, 1.165) is 22.4 Å². The molecule has 0 fully saturated rings. The van der Waals surface area contributed by atoms with Gasteiger partial charge in [0.25, 0.3) is 5.91 Å². The van der Waals surface area contributed by atoms with Crippen LogP contribution in [0.15, 0.2) is 41.3 Å². The summed E-state index contributed by atoms with van der Waals surface area (Å²) < 4.78 is 6.84. The van der Waals surface area contributed by atoms with Crippen molar-refractivity contribution >= 4 is 22.6 Å². The second-order valence-electron chi connectivity index (χ2n) is 7.02. The maximum atomic E-state index is 13.0. The summed E-state index contributed by atoms with van der Waals surface area (Å²) in [7, 11) is 5.26. The van der Waals surface area contributed by atoms with E-state index in [4.69, 9.17) is 0 Å². The van der Waals surface area contributed by atoms with Gasteiger partial charge >= 0.3 is 5.69 Å². The first kappa shape index (κ1) is 17.8. The average Bonchev–Trinajstić information content (AvgIpc) is 3.27. The lowest BCUT2D eigenvalue weighted by Gasteiger charge is -2.12. The van der Waals surface area contributed by atoms with Gasteiger partial charge in [0.2, 0.25) is 0 Å². The Morgan fingerprint density at radius 1 is 0.964 bits per heavy atom. The van der Waals surface area contributed by atoms with E-state index in [9.17, 15) is 9.59 Å². The number of carbonyl (C=O) groups is 1. The highest BCUT2D eigenvalue weighted by atomic mass is 16.2. The molecule has 3 heterocycles. The molecule has 8 nitrogen and oxygen atoms in total. The Bertz CT molecular complexity index is 1260. The molecule has 0 bridgehead atoms. The minimum Gasteiger partial charge on any atom is -0.322 e. The molecule has 0 aliphatic carbocycles. The number of aryl methyl sites for hydroxylation is 5. The molecule has 1 N–H and O–H groups in total. The van der Waals surface area contributed by atoms with Crippen LogP contribution in [0.3, 0.4) is 0 Å². The third-order valence-electron chi connectivity index (χ3n) is 5.16. The van der Waals surface area contributed by atoms with Gasteiger partial charge in [0, 0.05) is 38.2 Å². The maximum absolute atomic E-state index is 13.0. The zero-order valence-corrected chi connectivity index (χ0v) is 16.5. The molecule has 0 aliphatic heterocycles. The smallest absolute Gasteiger partial charge is 0.322 e. The summed E-state index contributed by atoms with van der Waals surface area (Å²) in [6.45, 7) is 3.98. The quantitative estimate of drug-likeness (QED) is 0.594. The Hall–Kier alpha value is -3.55. The first-order chi connectivity index (χ1) is 13.3. The number of amides is 1. The van der Waals surface area contributed by atoms with Gasteiger partial charge in [-0.3, -0.25) is 18.6 Å². The summed E-state index contributed by atoms with van der Waals surface area (Å²) in [6, 6.07) is 9.44. The molecule has 0 saturated heterocycles. The molecule has 0 radical (unpaired) electrons. The van der Waals surface area contributed by atoms with Crippen molar-refractivity contribution in [3.8, 4) is 5.82 Å². The van der Waals surface area contributed by atoms with E-state index in [1.165, 1.54) is 0 Å². The van der Waals surface area contributed by atoms with Gasteiger partial charge in [-0.1, -0.05) is 0 Å². The first-order valence-corrected chi connectivity index (χ1v) is 8.93. The Labute approximate surface area is 161 Å². The number of fused-ring (bicyclic) bond motifs is 1. The van der Waals surface area contributed by atoms with Crippen molar-refractivity contribution in [2.75, 3.05) is 5.32 Å². The fourth-order valence-corrected chi connectivity index (χ4v) is 3.64. The molecule has 4 aromatic rings. The second-order valence-corrected chi connectivity index (χ2v) is 7.02. The van der Waals surface area contributed by atoms with Crippen LogP contribution in [0.25, 0.3) is 16.9 Å². The predicted molar refractivity (Wildman–Crippen MR) is 108 cm³/mol. The molecule has 4 rings (SSSR count). The van der Waals surface area contributed by atoms with Gasteiger partial charge in [0.05, 0.1) is 17.2 Å². The minimum absolute atomic E-state index is 0.105. The van der Waals surface area contributed by atoms with Crippen LogP contribution in [0.2, 0.25) is 0 Å². The number of rotatable bonds is 3. The fraction of sp³-hybridized carbons (Fsp3) is 0.250. The summed E-state index contributed by atoms with van der Waals surface area (Å²) in [5.74, 6) is 0.460. The van der Waals surface area contributed by atoms with Gasteiger partial charge < -0.3 is 9.88 Å². The highest BCUT2D eigenvalue weighted by Crippen LogP contribution is 2.22. The molecule has 3 aromatic heterocycles. The van der Waals surface area contributed by atoms with Crippen LogP contribution < -0.4 is 11.0 Å². The molecular weight excluding hydrogens is 356 g/mol. The lowest BCUT2D eigenvalue weighted by atomic mass is 10.2. The lowest BCUT2D eigenvalue weighted by molar-refractivity contribution is 0.102. The Morgan fingerprint density at radius 2 is 1.61 bits per heavy atom. The van der Waals surface area contributed by atoms with Crippen molar-refractivity contribution in [3.63, 3.8) is 0 Å². The second kappa shape index (κ2) is 6.26. The number of nitrogens with one attached hydrogen (secondary N) is 1. The third kappa shape index (κ3) is 2.57. The van der Waals surface area contributed by atoms with E-state index in [0.29, 0.717) is 17.1 Å². The van der Waals surface area contributed by atoms with Crippen molar-refractivity contribution in [2.45, 2.75) is 13.8 Å². The van der Waals surface area contributed by atoms with Gasteiger partial charge in [-0.2, -0.15) is 5.10 Å². The van der Waals surface area contributed by atoms with Gasteiger partial charge in [-0.05, 0) is 44.2 Å². The predicted octanol–water partition coefficient (Wildman–Crippen LogP) is 2.27. The minimum atomic E-state index is -0.254. The summed E-state index contributed by atoms with van der Waals surface area (Å²) in [5.41, 5.74) is 4.61. The number of hydrogen-bond acceptors (Lipinski definition) is 3. The van der Waals surface area contributed by atoms with Crippen molar-refractivity contribution in [2.24, 2.45) is 21.1 Å².